The summed E-state index contributed by atoms with van der Waals surface area (Å²) in [5.41, 5.74) is 2.18. The van der Waals surface area contributed by atoms with Crippen LogP contribution in [0, 0.1) is 5.92 Å². The number of piperidine rings is 2. The van der Waals surface area contributed by atoms with Crippen molar-refractivity contribution < 1.29 is 14.3 Å². The Labute approximate surface area is 178 Å². The number of methoxy groups -OCH3 is 2. The minimum Gasteiger partial charge on any atom is -0.493 e. The van der Waals surface area contributed by atoms with Crippen LogP contribution in [0.2, 0.25) is 0 Å². The van der Waals surface area contributed by atoms with Crippen LogP contribution in [0.5, 0.6) is 11.5 Å². The van der Waals surface area contributed by atoms with Crippen molar-refractivity contribution in [1.82, 2.24) is 20.0 Å². The van der Waals surface area contributed by atoms with Crippen molar-refractivity contribution in [2.24, 2.45) is 13.0 Å². The van der Waals surface area contributed by atoms with Crippen molar-refractivity contribution in [3.63, 3.8) is 0 Å². The topological polar surface area (TPSA) is 68.6 Å². The van der Waals surface area contributed by atoms with E-state index < -0.39 is 0 Å². The molecule has 1 aromatic heterocycles. The number of hydrogen-bond acceptors (Lipinski definition) is 5. The van der Waals surface area contributed by atoms with Crippen molar-refractivity contribution in [3.05, 3.63) is 30.0 Å². The number of hydrogen-bond donors (Lipinski definition) is 1. The van der Waals surface area contributed by atoms with Gasteiger partial charge in [-0.2, -0.15) is 5.10 Å². The smallest absolute Gasteiger partial charge is 0.269 e. The lowest BCUT2D eigenvalue weighted by Crippen LogP contribution is -2.51. The molecule has 4 rings (SSSR count). The Morgan fingerprint density at radius 2 is 1.90 bits per heavy atom. The predicted molar refractivity (Wildman–Crippen MR) is 116 cm³/mol. The van der Waals surface area contributed by atoms with Gasteiger partial charge in [0.05, 0.1) is 19.9 Å². The summed E-state index contributed by atoms with van der Waals surface area (Å²) < 4.78 is 12.3. The normalized spacial score (nSPS) is 21.7. The maximum atomic E-state index is 12.9. The number of benzene rings is 1. The zero-order valence-electron chi connectivity index (χ0n) is 18.2. The Bertz CT molecular complexity index is 893. The predicted octanol–water partition coefficient (Wildman–Crippen LogP) is 3.10. The van der Waals surface area contributed by atoms with Crippen molar-refractivity contribution in [2.45, 2.75) is 38.1 Å². The van der Waals surface area contributed by atoms with Gasteiger partial charge in [0.1, 0.15) is 5.69 Å². The van der Waals surface area contributed by atoms with Crippen LogP contribution in [0.3, 0.4) is 0 Å². The average molecular weight is 413 g/mol. The highest BCUT2D eigenvalue weighted by Crippen LogP contribution is 2.32. The molecule has 0 bridgehead atoms. The summed E-state index contributed by atoms with van der Waals surface area (Å²) in [6.45, 7) is 3.16. The number of carbonyl (C=O) groups excluding carboxylic acids is 1. The van der Waals surface area contributed by atoms with Gasteiger partial charge >= 0.3 is 0 Å². The lowest BCUT2D eigenvalue weighted by Gasteiger charge is -2.44. The molecule has 3 heterocycles. The average Bonchev–Trinajstić information content (AvgIpc) is 3.18. The Hall–Kier alpha value is -2.54. The van der Waals surface area contributed by atoms with Gasteiger partial charge in [0, 0.05) is 25.2 Å². The molecule has 0 radical (unpaired) electrons. The van der Waals surface area contributed by atoms with Crippen molar-refractivity contribution in [3.8, 4) is 22.8 Å². The highest BCUT2D eigenvalue weighted by molar-refractivity contribution is 5.93. The van der Waals surface area contributed by atoms with E-state index >= 15 is 0 Å². The minimum absolute atomic E-state index is 0.0651. The molecule has 2 aromatic rings. The molecular formula is C23H32N4O3. The fourth-order valence-electron chi connectivity index (χ4n) is 4.95. The van der Waals surface area contributed by atoms with Crippen LogP contribution in [0.1, 0.15) is 42.6 Å². The van der Waals surface area contributed by atoms with Gasteiger partial charge in [0.15, 0.2) is 11.5 Å². The molecule has 2 saturated heterocycles. The van der Waals surface area contributed by atoms with Crippen LogP contribution >= 0.6 is 0 Å². The van der Waals surface area contributed by atoms with E-state index in [4.69, 9.17) is 9.47 Å². The lowest BCUT2D eigenvalue weighted by molar-refractivity contribution is 0.0574. The van der Waals surface area contributed by atoms with E-state index in [2.05, 4.69) is 15.3 Å². The molecule has 2 fully saturated rings. The molecule has 2 aliphatic rings. The molecule has 1 aromatic carbocycles. The van der Waals surface area contributed by atoms with Crippen LogP contribution in [0.25, 0.3) is 11.3 Å². The van der Waals surface area contributed by atoms with Gasteiger partial charge in [-0.25, -0.2) is 0 Å². The van der Waals surface area contributed by atoms with Gasteiger partial charge in [0.25, 0.3) is 5.91 Å². The van der Waals surface area contributed by atoms with Gasteiger partial charge < -0.3 is 19.7 Å². The quantitative estimate of drug-likeness (QED) is 0.790. The van der Waals surface area contributed by atoms with E-state index in [0.29, 0.717) is 29.2 Å². The highest BCUT2D eigenvalue weighted by atomic mass is 16.5. The molecule has 0 saturated carbocycles. The largest absolute Gasteiger partial charge is 0.493 e. The second-order valence-electron chi connectivity index (χ2n) is 8.32. The number of aryl methyl sites for hydroxylation is 1. The number of nitrogens with zero attached hydrogens (tertiary/aromatic N) is 3. The monoisotopic (exact) mass is 412 g/mol. The van der Waals surface area contributed by atoms with Gasteiger partial charge in [-0.3, -0.25) is 9.48 Å². The second-order valence-corrected chi connectivity index (χ2v) is 8.32. The summed E-state index contributed by atoms with van der Waals surface area (Å²) in [7, 11) is 5.03. The van der Waals surface area contributed by atoms with Crippen LogP contribution in [0.4, 0.5) is 0 Å². The van der Waals surface area contributed by atoms with Crippen LogP contribution in [0.15, 0.2) is 24.3 Å². The molecule has 7 heteroatoms. The number of aromatic nitrogens is 2. The summed E-state index contributed by atoms with van der Waals surface area (Å²) in [6, 6.07) is 8.11. The van der Waals surface area contributed by atoms with Crippen LogP contribution in [-0.4, -0.2) is 60.5 Å². The third-order valence-corrected chi connectivity index (χ3v) is 6.55. The summed E-state index contributed by atoms with van der Waals surface area (Å²) in [6.07, 6.45) is 6.30. The van der Waals surface area contributed by atoms with E-state index in [-0.39, 0.29) is 5.91 Å². The van der Waals surface area contributed by atoms with Crippen LogP contribution < -0.4 is 14.8 Å². The Morgan fingerprint density at radius 3 is 2.70 bits per heavy atom. The van der Waals surface area contributed by atoms with E-state index in [1.165, 1.54) is 45.2 Å². The van der Waals surface area contributed by atoms with Crippen molar-refractivity contribution in [2.75, 3.05) is 33.9 Å². The van der Waals surface area contributed by atoms with Gasteiger partial charge in [-0.05, 0) is 69.0 Å². The molecular weight excluding hydrogens is 380 g/mol. The third-order valence-electron chi connectivity index (χ3n) is 6.55. The molecule has 7 nitrogen and oxygen atoms in total. The van der Waals surface area contributed by atoms with Crippen molar-refractivity contribution >= 4 is 5.91 Å². The number of rotatable bonds is 6. The number of nitrogens with one attached hydrogen (secondary N) is 1. The standard InChI is InChI=1S/C23H32N4O3/c1-26-20(14-18(25-26)16-9-10-21(29-2)22(13-16)30-3)23(28)24-15-17-7-6-12-27-11-5-4-8-19(17)27/h9-10,13-14,17,19H,4-8,11-12,15H2,1-3H3,(H,24,28)/t17-,19+/m1/s1. The second kappa shape index (κ2) is 9.08. The molecule has 0 aliphatic carbocycles. The van der Waals surface area contributed by atoms with Crippen LogP contribution in [-0.2, 0) is 7.05 Å². The fraction of sp³-hybridized carbons (Fsp3) is 0.565. The Balaban J connectivity index is 1.44. The third kappa shape index (κ3) is 4.17. The van der Waals surface area contributed by atoms with E-state index in [1.54, 1.807) is 18.9 Å². The fourth-order valence-corrected chi connectivity index (χ4v) is 4.95. The molecule has 1 amide bonds. The molecule has 0 unspecified atom stereocenters. The molecule has 162 valence electrons. The van der Waals surface area contributed by atoms with Crippen molar-refractivity contribution in [1.29, 1.82) is 0 Å². The SMILES string of the molecule is COc1ccc(-c2cc(C(=O)NC[C@H]3CCCN4CCCC[C@@H]34)n(C)n2)cc1OC. The Morgan fingerprint density at radius 1 is 1.10 bits per heavy atom. The maximum absolute atomic E-state index is 12.9. The Kier molecular flexibility index (Phi) is 6.27. The summed E-state index contributed by atoms with van der Waals surface area (Å²) in [4.78, 5) is 15.5. The van der Waals surface area contributed by atoms with Gasteiger partial charge in [0.2, 0.25) is 0 Å². The van der Waals surface area contributed by atoms with Gasteiger partial charge in [-0.1, -0.05) is 6.42 Å². The van der Waals surface area contributed by atoms with E-state index in [0.717, 1.165) is 17.8 Å². The molecule has 30 heavy (non-hydrogen) atoms. The minimum atomic E-state index is -0.0651. The lowest BCUT2D eigenvalue weighted by atomic mass is 9.83. The first-order valence-corrected chi connectivity index (χ1v) is 10.9. The zero-order valence-corrected chi connectivity index (χ0v) is 18.2. The number of fused-ring (bicyclic) bond motifs is 1. The summed E-state index contributed by atoms with van der Waals surface area (Å²) >= 11 is 0. The molecule has 2 atom stereocenters. The molecule has 1 N–H and O–H groups in total. The molecule has 0 spiro atoms. The summed E-state index contributed by atoms with van der Waals surface area (Å²) in [5, 5.41) is 7.72. The molecule has 2 aliphatic heterocycles. The maximum Gasteiger partial charge on any atom is 0.269 e. The first-order chi connectivity index (χ1) is 14.6. The van der Waals surface area contributed by atoms with E-state index in [9.17, 15) is 4.79 Å². The number of carbonyl (C=O) groups is 1. The summed E-state index contributed by atoms with van der Waals surface area (Å²) in [5.74, 6) is 1.78. The number of ether oxygens (including phenoxy) is 2. The first-order valence-electron chi connectivity index (χ1n) is 10.9. The van der Waals surface area contributed by atoms with Gasteiger partial charge in [-0.15, -0.1) is 0 Å². The highest BCUT2D eigenvalue weighted by Gasteiger charge is 2.33. The number of amides is 1. The first kappa shape index (κ1) is 20.7. The van der Waals surface area contributed by atoms with E-state index in [1.807, 2.05) is 31.3 Å². The zero-order chi connectivity index (χ0) is 21.1.